The van der Waals surface area contributed by atoms with Crippen molar-refractivity contribution < 1.29 is 9.53 Å². The molecule has 0 aliphatic rings. The summed E-state index contributed by atoms with van der Waals surface area (Å²) in [5.41, 5.74) is 2.10. The van der Waals surface area contributed by atoms with Crippen LogP contribution in [-0.4, -0.2) is 18.0 Å². The first kappa shape index (κ1) is 18.0. The Balaban J connectivity index is 1.80. The summed E-state index contributed by atoms with van der Waals surface area (Å²) in [5.74, 6) is 0.610. The van der Waals surface area contributed by atoms with Crippen LogP contribution in [0, 0.1) is 0 Å². The van der Waals surface area contributed by atoms with Crippen molar-refractivity contribution in [3.05, 3.63) is 92.9 Å². The van der Waals surface area contributed by atoms with E-state index in [9.17, 15) is 9.59 Å². The lowest BCUT2D eigenvalue weighted by atomic mass is 10.1. The van der Waals surface area contributed by atoms with Gasteiger partial charge in [-0.15, -0.1) is 11.3 Å². The molecule has 0 saturated heterocycles. The van der Waals surface area contributed by atoms with Gasteiger partial charge in [-0.1, -0.05) is 24.3 Å². The number of H-pyrrole nitrogens is 1. The van der Waals surface area contributed by atoms with Crippen molar-refractivity contribution in [1.82, 2.24) is 4.98 Å². The maximum absolute atomic E-state index is 13.2. The van der Waals surface area contributed by atoms with Gasteiger partial charge in [0.2, 0.25) is 5.56 Å². The zero-order valence-corrected chi connectivity index (χ0v) is 16.0. The van der Waals surface area contributed by atoms with Crippen molar-refractivity contribution in [2.24, 2.45) is 0 Å². The maximum atomic E-state index is 13.2. The molecule has 0 spiro atoms. The molecular weight excluding hydrogens is 372 g/mol. The van der Waals surface area contributed by atoms with Crippen LogP contribution in [0.4, 0.5) is 5.69 Å². The molecule has 0 bridgehead atoms. The van der Waals surface area contributed by atoms with Gasteiger partial charge in [-0.05, 0) is 47.3 Å². The summed E-state index contributed by atoms with van der Waals surface area (Å²) in [6, 6.07) is 20.1. The SMILES string of the molecule is COc1ccc(N(Cc2cc(=O)[nH]c3ccccc23)C(=O)c2cccs2)cc1. The van der Waals surface area contributed by atoms with E-state index in [0.717, 1.165) is 22.2 Å². The van der Waals surface area contributed by atoms with Gasteiger partial charge in [-0.2, -0.15) is 0 Å². The van der Waals surface area contributed by atoms with Crippen LogP contribution in [0.2, 0.25) is 0 Å². The van der Waals surface area contributed by atoms with Gasteiger partial charge < -0.3 is 14.6 Å². The predicted molar refractivity (Wildman–Crippen MR) is 112 cm³/mol. The largest absolute Gasteiger partial charge is 0.497 e. The van der Waals surface area contributed by atoms with Crippen LogP contribution < -0.4 is 15.2 Å². The van der Waals surface area contributed by atoms with Gasteiger partial charge in [0.15, 0.2) is 0 Å². The first-order valence-corrected chi connectivity index (χ1v) is 9.64. The molecule has 0 saturated carbocycles. The fourth-order valence-electron chi connectivity index (χ4n) is 3.15. The molecule has 2 heterocycles. The molecular formula is C22H18N2O3S. The highest BCUT2D eigenvalue weighted by atomic mass is 32.1. The van der Waals surface area contributed by atoms with Crippen LogP contribution in [0.5, 0.6) is 5.75 Å². The molecule has 2 aromatic carbocycles. The predicted octanol–water partition coefficient (Wildman–Crippen LogP) is 4.45. The molecule has 0 radical (unpaired) electrons. The minimum Gasteiger partial charge on any atom is -0.497 e. The maximum Gasteiger partial charge on any atom is 0.268 e. The van der Waals surface area contributed by atoms with Crippen LogP contribution in [0.1, 0.15) is 15.2 Å². The lowest BCUT2D eigenvalue weighted by molar-refractivity contribution is 0.0989. The van der Waals surface area contributed by atoms with E-state index in [1.54, 1.807) is 24.1 Å². The molecule has 6 heteroatoms. The minimum absolute atomic E-state index is 0.107. The molecule has 5 nitrogen and oxygen atoms in total. The standard InChI is InChI=1S/C22H18N2O3S/c1-27-17-10-8-16(9-11-17)24(22(26)20-7-4-12-28-20)14-15-13-21(25)23-19-6-3-2-5-18(15)19/h2-13H,14H2,1H3,(H,23,25). The summed E-state index contributed by atoms with van der Waals surface area (Å²) < 4.78 is 5.23. The molecule has 1 amide bonds. The molecule has 140 valence electrons. The van der Waals surface area contributed by atoms with Crippen molar-refractivity contribution in [2.75, 3.05) is 12.0 Å². The van der Waals surface area contributed by atoms with Crippen LogP contribution in [-0.2, 0) is 6.54 Å². The number of nitrogens with one attached hydrogen (secondary N) is 1. The first-order valence-electron chi connectivity index (χ1n) is 8.76. The van der Waals surface area contributed by atoms with Crippen LogP contribution in [0.3, 0.4) is 0 Å². The van der Waals surface area contributed by atoms with Crippen molar-refractivity contribution in [2.45, 2.75) is 6.54 Å². The number of aromatic nitrogens is 1. The summed E-state index contributed by atoms with van der Waals surface area (Å²) in [6.45, 7) is 0.285. The highest BCUT2D eigenvalue weighted by molar-refractivity contribution is 7.12. The summed E-state index contributed by atoms with van der Waals surface area (Å²) >= 11 is 1.40. The van der Waals surface area contributed by atoms with E-state index in [4.69, 9.17) is 4.74 Å². The number of hydrogen-bond donors (Lipinski definition) is 1. The lowest BCUT2D eigenvalue weighted by Crippen LogP contribution is -2.30. The molecule has 4 rings (SSSR count). The topological polar surface area (TPSA) is 62.4 Å². The molecule has 2 aromatic heterocycles. The van der Waals surface area contributed by atoms with Gasteiger partial charge >= 0.3 is 0 Å². The molecule has 1 N–H and O–H groups in total. The number of hydrogen-bond acceptors (Lipinski definition) is 4. The minimum atomic E-state index is -0.188. The van der Waals surface area contributed by atoms with Crippen LogP contribution >= 0.6 is 11.3 Å². The number of thiophene rings is 1. The number of rotatable bonds is 5. The molecule has 28 heavy (non-hydrogen) atoms. The number of para-hydroxylation sites is 1. The fraction of sp³-hybridized carbons (Fsp3) is 0.0909. The Kier molecular flexibility index (Phi) is 4.95. The van der Waals surface area contributed by atoms with Crippen LogP contribution in [0.15, 0.2) is 76.9 Å². The Morgan fingerprint density at radius 3 is 2.57 bits per heavy atom. The fourth-order valence-corrected chi connectivity index (χ4v) is 3.83. The first-order chi connectivity index (χ1) is 13.7. The second kappa shape index (κ2) is 7.70. The highest BCUT2D eigenvalue weighted by Crippen LogP contribution is 2.26. The summed E-state index contributed by atoms with van der Waals surface area (Å²) in [6.07, 6.45) is 0. The number of pyridine rings is 1. The zero-order valence-electron chi connectivity index (χ0n) is 15.2. The number of nitrogens with zero attached hydrogens (tertiary/aromatic N) is 1. The number of carbonyl (C=O) groups excluding carboxylic acids is 1. The lowest BCUT2D eigenvalue weighted by Gasteiger charge is -2.23. The van der Waals surface area contributed by atoms with E-state index in [-0.39, 0.29) is 18.0 Å². The Bertz CT molecular complexity index is 1160. The smallest absolute Gasteiger partial charge is 0.268 e. The average Bonchev–Trinajstić information content (AvgIpc) is 3.26. The van der Waals surface area contributed by atoms with Gasteiger partial charge in [0.25, 0.3) is 5.91 Å². The molecule has 0 unspecified atom stereocenters. The molecule has 0 aliphatic carbocycles. The quantitative estimate of drug-likeness (QED) is 0.548. The van der Waals surface area contributed by atoms with Gasteiger partial charge in [-0.25, -0.2) is 0 Å². The zero-order chi connectivity index (χ0) is 19.5. The van der Waals surface area contributed by atoms with Gasteiger partial charge in [0.05, 0.1) is 18.5 Å². The van der Waals surface area contributed by atoms with Crippen molar-refractivity contribution in [3.63, 3.8) is 0 Å². The Morgan fingerprint density at radius 1 is 1.07 bits per heavy atom. The van der Waals surface area contributed by atoms with E-state index >= 15 is 0 Å². The van der Waals surface area contributed by atoms with Crippen molar-refractivity contribution in [1.29, 1.82) is 0 Å². The Hall–Kier alpha value is -3.38. The average molecular weight is 390 g/mol. The van der Waals surface area contributed by atoms with Crippen LogP contribution in [0.25, 0.3) is 10.9 Å². The third kappa shape index (κ3) is 3.54. The molecule has 0 atom stereocenters. The number of methoxy groups -OCH3 is 1. The van der Waals surface area contributed by atoms with E-state index in [1.165, 1.54) is 11.3 Å². The van der Waals surface area contributed by atoms with E-state index in [2.05, 4.69) is 4.98 Å². The third-order valence-corrected chi connectivity index (χ3v) is 5.38. The molecule has 4 aromatic rings. The molecule has 0 fully saturated rings. The van der Waals surface area contributed by atoms with Crippen molar-refractivity contribution in [3.8, 4) is 5.75 Å². The van der Waals surface area contributed by atoms with E-state index in [1.807, 2.05) is 60.0 Å². The Morgan fingerprint density at radius 2 is 1.86 bits per heavy atom. The number of anilines is 1. The van der Waals surface area contributed by atoms with Crippen molar-refractivity contribution >= 4 is 33.8 Å². The number of ether oxygens (including phenoxy) is 1. The number of benzene rings is 2. The van der Waals surface area contributed by atoms with E-state index in [0.29, 0.717) is 10.6 Å². The van der Waals surface area contributed by atoms with Gasteiger partial charge in [0, 0.05) is 22.7 Å². The monoisotopic (exact) mass is 390 g/mol. The Labute approximate surface area is 165 Å². The third-order valence-electron chi connectivity index (χ3n) is 4.53. The second-order valence-electron chi connectivity index (χ2n) is 6.27. The normalized spacial score (nSPS) is 10.8. The number of fused-ring (bicyclic) bond motifs is 1. The molecule has 0 aliphatic heterocycles. The van der Waals surface area contributed by atoms with Gasteiger partial charge in [-0.3, -0.25) is 9.59 Å². The number of carbonyl (C=O) groups is 1. The number of amides is 1. The van der Waals surface area contributed by atoms with E-state index < -0.39 is 0 Å². The number of aromatic amines is 1. The summed E-state index contributed by atoms with van der Waals surface area (Å²) in [4.78, 5) is 30.5. The second-order valence-corrected chi connectivity index (χ2v) is 7.22. The highest BCUT2D eigenvalue weighted by Gasteiger charge is 2.20. The summed E-state index contributed by atoms with van der Waals surface area (Å²) in [5, 5.41) is 2.79. The van der Waals surface area contributed by atoms with Gasteiger partial charge in [0.1, 0.15) is 5.75 Å². The summed E-state index contributed by atoms with van der Waals surface area (Å²) in [7, 11) is 1.60.